The van der Waals surface area contributed by atoms with Crippen molar-refractivity contribution < 1.29 is 57.7 Å². The summed E-state index contributed by atoms with van der Waals surface area (Å²) in [4.78, 5) is 23.6. The highest BCUT2D eigenvalue weighted by Crippen LogP contribution is 2.43. The van der Waals surface area contributed by atoms with E-state index in [-0.39, 0.29) is 44.1 Å². The van der Waals surface area contributed by atoms with Gasteiger partial charge in [0.05, 0.1) is 75.5 Å². The Bertz CT molecular complexity index is 2320. The third-order valence-electron chi connectivity index (χ3n) is 10.9. The first-order valence-corrected chi connectivity index (χ1v) is 24.0. The number of ether oxygens (including phenoxy) is 8. The van der Waals surface area contributed by atoms with E-state index >= 15 is 0 Å². The number of thioether (sulfide) groups is 1. The minimum Gasteiger partial charge on any atom is -0.497 e. The van der Waals surface area contributed by atoms with E-state index in [1.807, 2.05) is 158 Å². The van der Waals surface area contributed by atoms with Gasteiger partial charge in [-0.05, 0) is 81.9 Å². The number of hydrogen-bond donors (Lipinski definition) is 3. The number of hydrogen-bond acceptors (Lipinski definition) is 14. The molecule has 0 aliphatic carbocycles. The molecule has 0 aliphatic rings. The Morgan fingerprint density at radius 3 is 1.20 bits per heavy atom. The normalized spacial score (nSPS) is 11.5. The average molecular weight is 993 g/mol. The average Bonchev–Trinajstić information content (AvgIpc) is 3.43. The van der Waals surface area contributed by atoms with Crippen LogP contribution in [0.4, 0.5) is 0 Å². The Balaban J connectivity index is 0.000000285. The zero-order valence-corrected chi connectivity index (χ0v) is 42.2. The standard InChI is InChI=1S/C28H32O6S.C26H26O5.C2H6OS/c1-31-24-13-9-22(10-14-24)28(21-7-5-4-6-8-21,23-11-15-25(32-2)16-12-23)34-20-26(35-18-17-29)19-27(30)33-3;1-28-23-15-11-21(12-16-23)26(20-8-5-4-6-9-20,31-19-7-10-25(27)30-3)22-13-17-24(29-2)18-14-22;3-1-2-4/h4-16,26,29H,17-20H2,1-3H3;4-18H,19H2,1-3H3;3-4H,1-2H2/b;10-7-;. The maximum atomic E-state index is 12.1. The molecular weight excluding hydrogens is 929 g/mol. The fourth-order valence-corrected chi connectivity index (χ4v) is 8.26. The van der Waals surface area contributed by atoms with E-state index in [1.54, 1.807) is 34.5 Å². The largest absolute Gasteiger partial charge is 0.497 e. The van der Waals surface area contributed by atoms with Gasteiger partial charge in [-0.3, -0.25) is 4.79 Å². The Hall–Kier alpha value is -6.26. The number of thiol groups is 1. The van der Waals surface area contributed by atoms with Gasteiger partial charge in [-0.25, -0.2) is 4.79 Å². The van der Waals surface area contributed by atoms with Crippen LogP contribution in [-0.2, 0) is 39.7 Å². The van der Waals surface area contributed by atoms with Crippen molar-refractivity contribution in [2.45, 2.75) is 22.9 Å². The molecule has 0 bridgehead atoms. The highest BCUT2D eigenvalue weighted by molar-refractivity contribution is 7.99. The second-order valence-corrected chi connectivity index (χ2v) is 16.9. The molecule has 0 fully saturated rings. The van der Waals surface area contributed by atoms with Crippen molar-refractivity contribution in [2.24, 2.45) is 0 Å². The molecule has 372 valence electrons. The summed E-state index contributed by atoms with van der Waals surface area (Å²) in [6.07, 6.45) is 3.19. The molecule has 14 heteroatoms. The molecule has 6 aromatic carbocycles. The van der Waals surface area contributed by atoms with Gasteiger partial charge in [0, 0.05) is 22.8 Å². The lowest BCUT2D eigenvalue weighted by Crippen LogP contribution is -2.36. The number of aliphatic hydroxyl groups excluding tert-OH is 2. The Labute approximate surface area is 421 Å². The molecule has 0 aromatic heterocycles. The SMILES string of the molecule is COC(=O)/C=C\COC(c1ccccc1)(c1ccc(OC)cc1)c1ccc(OC)cc1.COC(=O)CC(COC(c1ccccc1)(c1ccc(OC)cc1)c1ccc(OC)cc1)SCCO.OCCS. The molecule has 0 saturated heterocycles. The van der Waals surface area contributed by atoms with Crippen molar-refractivity contribution in [2.75, 3.05) is 80.6 Å². The lowest BCUT2D eigenvalue weighted by Gasteiger charge is -2.37. The van der Waals surface area contributed by atoms with Crippen molar-refractivity contribution in [3.8, 4) is 23.0 Å². The fourth-order valence-electron chi connectivity index (χ4n) is 7.41. The second-order valence-electron chi connectivity index (χ2n) is 15.0. The number of rotatable bonds is 23. The van der Waals surface area contributed by atoms with E-state index in [9.17, 15) is 14.7 Å². The topological polar surface area (TPSA) is 148 Å². The van der Waals surface area contributed by atoms with E-state index in [2.05, 4.69) is 17.4 Å². The van der Waals surface area contributed by atoms with Gasteiger partial charge < -0.3 is 48.1 Å². The molecule has 0 amide bonds. The van der Waals surface area contributed by atoms with Crippen molar-refractivity contribution in [1.29, 1.82) is 0 Å². The predicted molar refractivity (Wildman–Crippen MR) is 279 cm³/mol. The Morgan fingerprint density at radius 2 is 0.886 bits per heavy atom. The lowest BCUT2D eigenvalue weighted by molar-refractivity contribution is -0.141. The van der Waals surface area contributed by atoms with Gasteiger partial charge in [0.15, 0.2) is 0 Å². The molecule has 0 radical (unpaired) electrons. The van der Waals surface area contributed by atoms with Gasteiger partial charge in [0.25, 0.3) is 0 Å². The summed E-state index contributed by atoms with van der Waals surface area (Å²) in [6.45, 7) is 0.654. The Morgan fingerprint density at radius 1 is 0.529 bits per heavy atom. The summed E-state index contributed by atoms with van der Waals surface area (Å²) in [5.41, 5.74) is 3.70. The zero-order valence-electron chi connectivity index (χ0n) is 40.5. The molecule has 0 aliphatic heterocycles. The summed E-state index contributed by atoms with van der Waals surface area (Å²) >= 11 is 5.16. The smallest absolute Gasteiger partial charge is 0.330 e. The minimum atomic E-state index is -0.964. The fraction of sp³-hybridized carbons (Fsp3) is 0.286. The third-order valence-corrected chi connectivity index (χ3v) is 12.2. The predicted octanol–water partition coefficient (Wildman–Crippen LogP) is 9.32. The molecule has 1 unspecified atom stereocenters. The molecule has 0 saturated carbocycles. The summed E-state index contributed by atoms with van der Waals surface area (Å²) in [7, 11) is 9.26. The van der Waals surface area contributed by atoms with Gasteiger partial charge in [0.1, 0.15) is 34.2 Å². The summed E-state index contributed by atoms with van der Waals surface area (Å²) in [6, 6.07) is 51.1. The lowest BCUT2D eigenvalue weighted by atomic mass is 9.80. The summed E-state index contributed by atoms with van der Waals surface area (Å²) < 4.78 is 44.4. The number of esters is 2. The maximum absolute atomic E-state index is 12.1. The number of carbonyl (C=O) groups excluding carboxylic acids is 2. The quantitative estimate of drug-likeness (QED) is 0.0243. The second kappa shape index (κ2) is 30.4. The molecule has 0 heterocycles. The van der Waals surface area contributed by atoms with Crippen LogP contribution in [0.3, 0.4) is 0 Å². The van der Waals surface area contributed by atoms with Crippen LogP contribution in [0.2, 0.25) is 0 Å². The highest BCUT2D eigenvalue weighted by Gasteiger charge is 2.40. The molecule has 12 nitrogen and oxygen atoms in total. The van der Waals surface area contributed by atoms with E-state index in [0.29, 0.717) is 11.5 Å². The van der Waals surface area contributed by atoms with E-state index < -0.39 is 17.2 Å². The first kappa shape index (κ1) is 56.3. The van der Waals surface area contributed by atoms with Crippen molar-refractivity contribution in [3.05, 3.63) is 203 Å². The van der Waals surface area contributed by atoms with Crippen LogP contribution < -0.4 is 18.9 Å². The number of benzene rings is 6. The molecule has 1 atom stereocenters. The monoisotopic (exact) mass is 992 g/mol. The molecule has 0 spiro atoms. The highest BCUT2D eigenvalue weighted by atomic mass is 32.2. The van der Waals surface area contributed by atoms with Crippen LogP contribution in [-0.4, -0.2) is 108 Å². The van der Waals surface area contributed by atoms with Crippen molar-refractivity contribution in [1.82, 2.24) is 0 Å². The molecule has 2 N–H and O–H groups in total. The van der Waals surface area contributed by atoms with Gasteiger partial charge in [-0.2, -0.15) is 24.4 Å². The van der Waals surface area contributed by atoms with Crippen LogP contribution in [0.15, 0.2) is 170 Å². The van der Waals surface area contributed by atoms with Crippen LogP contribution in [0, 0.1) is 0 Å². The number of carbonyl (C=O) groups is 2. The maximum Gasteiger partial charge on any atom is 0.330 e. The van der Waals surface area contributed by atoms with Crippen LogP contribution in [0.5, 0.6) is 23.0 Å². The first-order valence-electron chi connectivity index (χ1n) is 22.3. The van der Waals surface area contributed by atoms with Crippen LogP contribution in [0.1, 0.15) is 39.8 Å². The van der Waals surface area contributed by atoms with Crippen LogP contribution >= 0.6 is 24.4 Å². The van der Waals surface area contributed by atoms with Gasteiger partial charge >= 0.3 is 11.9 Å². The molecular formula is C56H64O12S2. The van der Waals surface area contributed by atoms with E-state index in [0.717, 1.165) is 56.4 Å². The zero-order chi connectivity index (χ0) is 50.6. The Kier molecular flexibility index (Phi) is 24.4. The van der Waals surface area contributed by atoms with Gasteiger partial charge in [-0.1, -0.05) is 115 Å². The first-order chi connectivity index (χ1) is 34.1. The van der Waals surface area contributed by atoms with Gasteiger partial charge in [0.2, 0.25) is 0 Å². The number of methoxy groups -OCH3 is 6. The van der Waals surface area contributed by atoms with Gasteiger partial charge in [-0.15, -0.1) is 0 Å². The minimum absolute atomic E-state index is 0.0170. The van der Waals surface area contributed by atoms with Crippen molar-refractivity contribution in [3.63, 3.8) is 0 Å². The van der Waals surface area contributed by atoms with Crippen molar-refractivity contribution >= 4 is 36.3 Å². The molecule has 70 heavy (non-hydrogen) atoms. The summed E-state index contributed by atoms with van der Waals surface area (Å²) in [5, 5.41) is 17.0. The molecule has 6 aromatic rings. The molecule has 6 rings (SSSR count). The van der Waals surface area contributed by atoms with E-state index in [1.165, 1.54) is 32.1 Å². The number of aliphatic hydroxyl groups is 2. The van der Waals surface area contributed by atoms with E-state index in [4.69, 9.17) is 38.3 Å². The third kappa shape index (κ3) is 15.6. The summed E-state index contributed by atoms with van der Waals surface area (Å²) in [5.74, 6) is 3.32. The van der Waals surface area contributed by atoms with Crippen LogP contribution in [0.25, 0.3) is 0 Å².